The summed E-state index contributed by atoms with van der Waals surface area (Å²) < 4.78 is 20.3. The van der Waals surface area contributed by atoms with Gasteiger partial charge in [0.15, 0.2) is 0 Å². The fourth-order valence-corrected chi connectivity index (χ4v) is 4.85. The van der Waals surface area contributed by atoms with Crippen molar-refractivity contribution in [2.24, 2.45) is 7.05 Å². The van der Waals surface area contributed by atoms with Crippen molar-refractivity contribution in [2.75, 3.05) is 25.1 Å². The standard InChI is InChI=1S/C34H34ClN3O6/c1-38-31-20-29(44-28-4-2-3-26(19-28)36-16-17-39)12-13-30(31)37-33(38)15-18-42-27-11-7-24(8-14-34(40)41)32(21-27)43-22-23-5-9-25(35)10-6-23/h2-7,9-13,19-21,36,39H,8,14-18,22H2,1H3,(H,40,41). The molecule has 0 radical (unpaired) electrons. The lowest BCUT2D eigenvalue weighted by molar-refractivity contribution is -0.136. The highest BCUT2D eigenvalue weighted by Gasteiger charge is 2.12. The van der Waals surface area contributed by atoms with Gasteiger partial charge in [-0.05, 0) is 60.0 Å². The zero-order chi connectivity index (χ0) is 30.9. The van der Waals surface area contributed by atoms with Crippen molar-refractivity contribution in [3.63, 3.8) is 0 Å². The van der Waals surface area contributed by atoms with Gasteiger partial charge in [0.25, 0.3) is 0 Å². The van der Waals surface area contributed by atoms with Gasteiger partial charge in [-0.25, -0.2) is 4.98 Å². The largest absolute Gasteiger partial charge is 0.493 e. The van der Waals surface area contributed by atoms with Gasteiger partial charge in [-0.1, -0.05) is 35.9 Å². The number of rotatable bonds is 15. The van der Waals surface area contributed by atoms with E-state index >= 15 is 0 Å². The first kappa shape index (κ1) is 30.7. The quantitative estimate of drug-likeness (QED) is 0.120. The number of ether oxygens (including phenoxy) is 3. The Morgan fingerprint density at radius 2 is 1.73 bits per heavy atom. The molecule has 0 atom stereocenters. The number of aliphatic carboxylic acids is 1. The number of carbonyl (C=O) groups is 1. The number of aromatic nitrogens is 2. The SMILES string of the molecule is Cn1c(CCOc2ccc(CCC(=O)O)c(OCc3ccc(Cl)cc3)c2)nc2ccc(Oc3cccc(NCCO)c3)cc21. The summed E-state index contributed by atoms with van der Waals surface area (Å²) in [4.78, 5) is 16.0. The highest BCUT2D eigenvalue weighted by atomic mass is 35.5. The molecule has 44 heavy (non-hydrogen) atoms. The van der Waals surface area contributed by atoms with E-state index in [9.17, 15) is 4.79 Å². The lowest BCUT2D eigenvalue weighted by atomic mass is 10.1. The number of carboxylic acid groups (broad SMARTS) is 1. The lowest BCUT2D eigenvalue weighted by Gasteiger charge is -2.14. The first-order valence-electron chi connectivity index (χ1n) is 14.3. The molecule has 10 heteroatoms. The topological polar surface area (TPSA) is 115 Å². The Kier molecular flexibility index (Phi) is 10.2. The number of halogens is 1. The summed E-state index contributed by atoms with van der Waals surface area (Å²) in [5, 5.41) is 22.0. The first-order chi connectivity index (χ1) is 21.4. The molecule has 0 saturated heterocycles. The molecule has 1 aromatic heterocycles. The molecule has 0 fully saturated rings. The first-order valence-corrected chi connectivity index (χ1v) is 14.7. The Labute approximate surface area is 260 Å². The van der Waals surface area contributed by atoms with Crippen LogP contribution in [0.15, 0.2) is 84.9 Å². The van der Waals surface area contributed by atoms with Crippen LogP contribution in [0.25, 0.3) is 11.0 Å². The van der Waals surface area contributed by atoms with E-state index in [4.69, 9.17) is 41.0 Å². The Bertz CT molecular complexity index is 1720. The van der Waals surface area contributed by atoms with Crippen LogP contribution in [-0.4, -0.2) is 45.5 Å². The van der Waals surface area contributed by atoms with E-state index < -0.39 is 5.97 Å². The van der Waals surface area contributed by atoms with Crippen LogP contribution in [0.1, 0.15) is 23.4 Å². The van der Waals surface area contributed by atoms with E-state index in [2.05, 4.69) is 5.32 Å². The smallest absolute Gasteiger partial charge is 0.303 e. The van der Waals surface area contributed by atoms with Crippen molar-refractivity contribution in [1.82, 2.24) is 9.55 Å². The predicted octanol–water partition coefficient (Wildman–Crippen LogP) is 6.64. The number of aryl methyl sites for hydroxylation is 2. The van der Waals surface area contributed by atoms with Crippen LogP contribution in [0.5, 0.6) is 23.0 Å². The summed E-state index contributed by atoms with van der Waals surface area (Å²) in [5.41, 5.74) is 4.41. The molecule has 5 aromatic rings. The second-order valence-corrected chi connectivity index (χ2v) is 10.6. The maximum absolute atomic E-state index is 11.2. The molecule has 1 heterocycles. The van der Waals surface area contributed by atoms with Crippen LogP contribution in [0.4, 0.5) is 5.69 Å². The van der Waals surface area contributed by atoms with E-state index in [1.165, 1.54) is 0 Å². The number of hydrogen-bond acceptors (Lipinski definition) is 7. The van der Waals surface area contributed by atoms with Gasteiger partial charge in [-0.2, -0.15) is 0 Å². The summed E-state index contributed by atoms with van der Waals surface area (Å²) in [6.07, 6.45) is 0.927. The number of aliphatic hydroxyl groups is 1. The second kappa shape index (κ2) is 14.6. The van der Waals surface area contributed by atoms with E-state index in [-0.39, 0.29) is 13.0 Å². The number of anilines is 1. The van der Waals surface area contributed by atoms with Gasteiger partial charge in [0.1, 0.15) is 35.4 Å². The van der Waals surface area contributed by atoms with Gasteiger partial charge in [-0.3, -0.25) is 4.79 Å². The van der Waals surface area contributed by atoms with Crippen LogP contribution in [0.3, 0.4) is 0 Å². The summed E-state index contributed by atoms with van der Waals surface area (Å²) in [5.74, 6) is 2.59. The summed E-state index contributed by atoms with van der Waals surface area (Å²) in [6, 6.07) is 26.2. The number of imidazole rings is 1. The van der Waals surface area contributed by atoms with Crippen molar-refractivity contribution < 1.29 is 29.2 Å². The summed E-state index contributed by atoms with van der Waals surface area (Å²) >= 11 is 5.99. The fourth-order valence-electron chi connectivity index (χ4n) is 4.72. The summed E-state index contributed by atoms with van der Waals surface area (Å²) in [6.45, 7) is 1.23. The Hall–Kier alpha value is -4.73. The molecule has 0 spiro atoms. The minimum Gasteiger partial charge on any atom is -0.493 e. The molecule has 0 unspecified atom stereocenters. The van der Waals surface area contributed by atoms with Crippen molar-refractivity contribution in [2.45, 2.75) is 25.9 Å². The van der Waals surface area contributed by atoms with Crippen LogP contribution >= 0.6 is 11.6 Å². The number of nitrogens with zero attached hydrogens (tertiary/aromatic N) is 2. The van der Waals surface area contributed by atoms with Gasteiger partial charge in [0.2, 0.25) is 0 Å². The Morgan fingerprint density at radius 1 is 0.932 bits per heavy atom. The fraction of sp³-hybridized carbons (Fsp3) is 0.235. The number of hydrogen-bond donors (Lipinski definition) is 3. The highest BCUT2D eigenvalue weighted by Crippen LogP contribution is 2.29. The van der Waals surface area contributed by atoms with Gasteiger partial charge in [0, 0.05) is 55.3 Å². The number of nitrogens with one attached hydrogen (secondary N) is 1. The van der Waals surface area contributed by atoms with Gasteiger partial charge in [0.05, 0.1) is 24.2 Å². The maximum Gasteiger partial charge on any atom is 0.303 e. The normalized spacial score (nSPS) is 11.0. The molecule has 0 aliphatic rings. The molecule has 0 amide bonds. The third kappa shape index (κ3) is 8.21. The van der Waals surface area contributed by atoms with Gasteiger partial charge < -0.3 is 34.3 Å². The van der Waals surface area contributed by atoms with Crippen LogP contribution in [-0.2, 0) is 31.3 Å². The second-order valence-electron chi connectivity index (χ2n) is 10.2. The number of fused-ring (bicyclic) bond motifs is 1. The molecular weight excluding hydrogens is 582 g/mol. The molecule has 0 aliphatic carbocycles. The van der Waals surface area contributed by atoms with Gasteiger partial charge in [-0.15, -0.1) is 0 Å². The van der Waals surface area contributed by atoms with E-state index in [1.807, 2.05) is 78.3 Å². The number of carboxylic acids is 1. The number of benzene rings is 4. The third-order valence-corrected chi connectivity index (χ3v) is 7.26. The minimum atomic E-state index is -0.865. The molecule has 228 valence electrons. The van der Waals surface area contributed by atoms with Crippen LogP contribution in [0, 0.1) is 0 Å². The zero-order valence-electron chi connectivity index (χ0n) is 24.3. The van der Waals surface area contributed by atoms with Gasteiger partial charge >= 0.3 is 5.97 Å². The predicted molar refractivity (Wildman–Crippen MR) is 170 cm³/mol. The van der Waals surface area contributed by atoms with Crippen molar-refractivity contribution in [3.8, 4) is 23.0 Å². The molecule has 4 aromatic carbocycles. The van der Waals surface area contributed by atoms with E-state index in [0.717, 1.165) is 33.7 Å². The average molecular weight is 616 g/mol. The lowest BCUT2D eigenvalue weighted by Crippen LogP contribution is -2.07. The number of aliphatic hydroxyl groups excluding tert-OH is 1. The van der Waals surface area contributed by atoms with E-state index in [0.29, 0.717) is 60.6 Å². The average Bonchev–Trinajstić information content (AvgIpc) is 3.33. The molecule has 9 nitrogen and oxygen atoms in total. The molecule has 0 saturated carbocycles. The monoisotopic (exact) mass is 615 g/mol. The van der Waals surface area contributed by atoms with Crippen LogP contribution in [0.2, 0.25) is 5.02 Å². The van der Waals surface area contributed by atoms with Crippen molar-refractivity contribution in [3.05, 3.63) is 107 Å². The zero-order valence-corrected chi connectivity index (χ0v) is 25.1. The minimum absolute atomic E-state index is 0.00516. The van der Waals surface area contributed by atoms with Crippen LogP contribution < -0.4 is 19.5 Å². The highest BCUT2D eigenvalue weighted by molar-refractivity contribution is 6.30. The third-order valence-electron chi connectivity index (χ3n) is 7.00. The molecule has 5 rings (SSSR count). The Balaban J connectivity index is 1.23. The maximum atomic E-state index is 11.2. The van der Waals surface area contributed by atoms with E-state index in [1.54, 1.807) is 18.2 Å². The molecular formula is C34H34ClN3O6. The molecule has 0 bridgehead atoms. The summed E-state index contributed by atoms with van der Waals surface area (Å²) in [7, 11) is 1.97. The van der Waals surface area contributed by atoms with Crippen molar-refractivity contribution in [1.29, 1.82) is 0 Å². The van der Waals surface area contributed by atoms with Crippen molar-refractivity contribution >= 4 is 34.3 Å². The molecule has 0 aliphatic heterocycles. The molecule has 3 N–H and O–H groups in total. The Morgan fingerprint density at radius 3 is 2.52 bits per heavy atom.